The molecule has 7 nitrogen and oxygen atoms in total. The van der Waals surface area contributed by atoms with Gasteiger partial charge in [-0.2, -0.15) is 0 Å². The minimum absolute atomic E-state index is 0.358. The summed E-state index contributed by atoms with van der Waals surface area (Å²) < 4.78 is 5.15. The highest BCUT2D eigenvalue weighted by Crippen LogP contribution is 2.29. The second-order valence-corrected chi connectivity index (χ2v) is 8.89. The molecule has 0 spiro atoms. The number of nitrogens with zero attached hydrogens (tertiary/aromatic N) is 1. The molecule has 1 unspecified atom stereocenters. The molecule has 0 radical (unpaired) electrons. The van der Waals surface area contributed by atoms with E-state index in [1.807, 2.05) is 13.0 Å². The van der Waals surface area contributed by atoms with Crippen molar-refractivity contribution in [1.82, 2.24) is 10.2 Å². The van der Waals surface area contributed by atoms with E-state index >= 15 is 0 Å². The molecular weight excluding hydrogens is 442 g/mol. The summed E-state index contributed by atoms with van der Waals surface area (Å²) in [5.74, 6) is -1.19. The second-order valence-electron chi connectivity index (χ2n) is 8.49. The van der Waals surface area contributed by atoms with Gasteiger partial charge in [-0.3, -0.25) is 14.5 Å². The maximum Gasteiger partial charge on any atom is 0.408 e. The van der Waals surface area contributed by atoms with Crippen molar-refractivity contribution in [2.45, 2.75) is 46.3 Å². The maximum atomic E-state index is 13.4. The van der Waals surface area contributed by atoms with Crippen LogP contribution in [-0.2, 0) is 14.3 Å². The minimum Gasteiger partial charge on any atom is -0.444 e. The molecule has 3 amide bonds. The molecule has 2 N–H and O–H groups in total. The van der Waals surface area contributed by atoms with Crippen LogP contribution < -0.4 is 10.6 Å². The number of carbonyl (C=O) groups excluding carboxylic acids is 3. The maximum absolute atomic E-state index is 13.4. The molecule has 33 heavy (non-hydrogen) atoms. The van der Waals surface area contributed by atoms with Gasteiger partial charge in [0.25, 0.3) is 11.8 Å². The molecular formula is C25H28ClN3O4. The second kappa shape index (κ2) is 10.9. The van der Waals surface area contributed by atoms with Crippen LogP contribution in [0.5, 0.6) is 0 Å². The summed E-state index contributed by atoms with van der Waals surface area (Å²) in [4.78, 5) is 39.2. The normalized spacial score (nSPS) is 11.7. The third kappa shape index (κ3) is 7.26. The van der Waals surface area contributed by atoms with E-state index in [-0.39, 0.29) is 0 Å². The molecule has 174 valence electrons. The topological polar surface area (TPSA) is 87.7 Å². The molecule has 0 saturated heterocycles. The van der Waals surface area contributed by atoms with Crippen LogP contribution in [0, 0.1) is 26.3 Å². The first-order valence-corrected chi connectivity index (χ1v) is 10.7. The lowest BCUT2D eigenvalue weighted by atomic mass is 10.0. The molecule has 0 heterocycles. The molecule has 0 aliphatic rings. The summed E-state index contributed by atoms with van der Waals surface area (Å²) in [6, 6.07) is 13.5. The number of ether oxygens (including phenoxy) is 1. The Morgan fingerprint density at radius 1 is 1.15 bits per heavy atom. The molecule has 2 rings (SSSR count). The highest BCUT2D eigenvalue weighted by atomic mass is 35.5. The zero-order valence-electron chi connectivity index (χ0n) is 19.4. The third-order valence-corrected chi connectivity index (χ3v) is 4.84. The predicted molar refractivity (Wildman–Crippen MR) is 129 cm³/mol. The van der Waals surface area contributed by atoms with Crippen LogP contribution in [0.4, 0.5) is 10.5 Å². The molecule has 0 aliphatic carbocycles. The van der Waals surface area contributed by atoms with E-state index < -0.39 is 36.1 Å². The number of carbonyl (C=O) groups is 3. The summed E-state index contributed by atoms with van der Waals surface area (Å²) in [6.07, 6.45) is 4.89. The van der Waals surface area contributed by atoms with Crippen LogP contribution in [0.2, 0.25) is 5.02 Å². The van der Waals surface area contributed by atoms with Gasteiger partial charge in [0.2, 0.25) is 0 Å². The smallest absolute Gasteiger partial charge is 0.408 e. The number of rotatable bonds is 6. The summed E-state index contributed by atoms with van der Waals surface area (Å²) in [5, 5.41) is 5.53. The van der Waals surface area contributed by atoms with Crippen LogP contribution in [0.3, 0.4) is 0 Å². The first-order valence-electron chi connectivity index (χ1n) is 10.3. The lowest BCUT2D eigenvalue weighted by Crippen LogP contribution is -2.44. The largest absolute Gasteiger partial charge is 0.444 e. The molecule has 8 heteroatoms. The Balaban J connectivity index is 2.34. The minimum atomic E-state index is -1.15. The first kappa shape index (κ1) is 25.8. The fraction of sp³-hybridized carbons (Fsp3) is 0.320. The fourth-order valence-electron chi connectivity index (χ4n) is 3.08. The standard InChI is InChI=1S/C25H28ClN3O4/c1-7-29(20(30)15-27-24(32)33-25(4,5)6)22(18-12-8-10-16(2)14-18)23(31)28-21-17(3)11-9-13-19(21)26/h1,8-14,22H,15H2,2-6H3,(H,27,32)(H,28,31). The number of alkyl carbamates (subject to hydrolysis) is 1. The molecule has 1 atom stereocenters. The van der Waals surface area contributed by atoms with E-state index in [0.29, 0.717) is 16.3 Å². The van der Waals surface area contributed by atoms with Gasteiger partial charge in [0.15, 0.2) is 0 Å². The van der Waals surface area contributed by atoms with Crippen molar-refractivity contribution in [1.29, 1.82) is 0 Å². The summed E-state index contributed by atoms with van der Waals surface area (Å²) in [7, 11) is 0. The molecule has 2 aromatic carbocycles. The highest BCUT2D eigenvalue weighted by Gasteiger charge is 2.32. The Bertz CT molecular complexity index is 1070. The number of aryl methyl sites for hydroxylation is 2. The number of para-hydroxylation sites is 1. The molecule has 0 saturated carbocycles. The van der Waals surface area contributed by atoms with Crippen molar-refractivity contribution >= 4 is 35.2 Å². The predicted octanol–water partition coefficient (Wildman–Crippen LogP) is 4.58. The van der Waals surface area contributed by atoms with E-state index in [1.54, 1.807) is 64.1 Å². The van der Waals surface area contributed by atoms with E-state index in [4.69, 9.17) is 22.8 Å². The van der Waals surface area contributed by atoms with Crippen LogP contribution in [0.1, 0.15) is 43.5 Å². The van der Waals surface area contributed by atoms with Gasteiger partial charge in [0.1, 0.15) is 18.2 Å². The van der Waals surface area contributed by atoms with Crippen LogP contribution in [0.15, 0.2) is 42.5 Å². The van der Waals surface area contributed by atoms with Crippen molar-refractivity contribution in [3.8, 4) is 12.5 Å². The number of nitrogens with one attached hydrogen (secondary N) is 2. The van der Waals surface area contributed by atoms with Gasteiger partial charge in [-0.15, -0.1) is 0 Å². The highest BCUT2D eigenvalue weighted by molar-refractivity contribution is 6.34. The van der Waals surface area contributed by atoms with Crippen molar-refractivity contribution in [2.75, 3.05) is 11.9 Å². The monoisotopic (exact) mass is 469 g/mol. The lowest BCUT2D eigenvalue weighted by molar-refractivity contribution is -0.134. The van der Waals surface area contributed by atoms with Crippen molar-refractivity contribution in [3.63, 3.8) is 0 Å². The number of hydrogen-bond donors (Lipinski definition) is 2. The third-order valence-electron chi connectivity index (χ3n) is 4.53. The van der Waals surface area contributed by atoms with Gasteiger partial charge < -0.3 is 15.4 Å². The average Bonchev–Trinajstić information content (AvgIpc) is 2.71. The zero-order valence-corrected chi connectivity index (χ0v) is 20.1. The van der Waals surface area contributed by atoms with Gasteiger partial charge in [0.05, 0.1) is 10.7 Å². The number of anilines is 1. The molecule has 0 fully saturated rings. The quantitative estimate of drug-likeness (QED) is 0.478. The van der Waals surface area contributed by atoms with E-state index in [9.17, 15) is 14.4 Å². The Labute approximate surface area is 199 Å². The van der Waals surface area contributed by atoms with Crippen LogP contribution >= 0.6 is 11.6 Å². The Hall–Kier alpha value is -3.50. The Morgan fingerprint density at radius 3 is 2.39 bits per heavy atom. The van der Waals surface area contributed by atoms with Crippen LogP contribution in [-0.4, -0.2) is 35.0 Å². The zero-order chi connectivity index (χ0) is 24.8. The molecule has 2 aromatic rings. The van der Waals surface area contributed by atoms with Gasteiger partial charge in [0, 0.05) is 6.04 Å². The molecule has 0 bridgehead atoms. The van der Waals surface area contributed by atoms with Gasteiger partial charge in [-0.1, -0.05) is 60.0 Å². The number of benzene rings is 2. The van der Waals surface area contributed by atoms with Crippen molar-refractivity contribution in [2.24, 2.45) is 0 Å². The van der Waals surface area contributed by atoms with E-state index in [1.165, 1.54) is 0 Å². The lowest BCUT2D eigenvalue weighted by Gasteiger charge is -2.27. The number of amides is 3. The van der Waals surface area contributed by atoms with Gasteiger partial charge >= 0.3 is 6.09 Å². The summed E-state index contributed by atoms with van der Waals surface area (Å²) in [6.45, 7) is 8.34. The summed E-state index contributed by atoms with van der Waals surface area (Å²) in [5.41, 5.74) is 1.86. The van der Waals surface area contributed by atoms with Crippen LogP contribution in [0.25, 0.3) is 0 Å². The van der Waals surface area contributed by atoms with Crippen molar-refractivity contribution < 1.29 is 19.1 Å². The van der Waals surface area contributed by atoms with Gasteiger partial charge in [-0.25, -0.2) is 4.79 Å². The van der Waals surface area contributed by atoms with Gasteiger partial charge in [-0.05, 0) is 51.8 Å². The molecule has 0 aliphatic heterocycles. The SMILES string of the molecule is C#CN(C(=O)CNC(=O)OC(C)(C)C)C(C(=O)Nc1c(C)cccc1Cl)c1cccc(C)c1. The number of terminal acetylenes is 1. The Kier molecular flexibility index (Phi) is 8.50. The average molecular weight is 470 g/mol. The first-order chi connectivity index (χ1) is 15.4. The number of hydrogen-bond acceptors (Lipinski definition) is 4. The Morgan fingerprint density at radius 2 is 1.82 bits per heavy atom. The molecule has 0 aromatic heterocycles. The number of halogens is 1. The van der Waals surface area contributed by atoms with E-state index in [0.717, 1.165) is 16.0 Å². The van der Waals surface area contributed by atoms with Crippen molar-refractivity contribution in [3.05, 3.63) is 64.2 Å². The fourth-order valence-corrected chi connectivity index (χ4v) is 3.35. The van der Waals surface area contributed by atoms with E-state index in [2.05, 4.69) is 16.7 Å². The summed E-state index contributed by atoms with van der Waals surface area (Å²) >= 11 is 6.27.